The molecule has 0 aromatic heterocycles. The van der Waals surface area contributed by atoms with Crippen molar-refractivity contribution in [2.45, 2.75) is 19.9 Å². The molecule has 98 valence electrons. The Morgan fingerprint density at radius 2 is 2.17 bits per heavy atom. The lowest BCUT2D eigenvalue weighted by molar-refractivity contribution is -0.384. The van der Waals surface area contributed by atoms with Gasteiger partial charge in [0.25, 0.3) is 11.6 Å². The number of hydrogen-bond acceptors (Lipinski definition) is 3. The van der Waals surface area contributed by atoms with E-state index in [4.69, 9.17) is 11.6 Å². The van der Waals surface area contributed by atoms with Crippen molar-refractivity contribution >= 4 is 23.2 Å². The van der Waals surface area contributed by atoms with Crippen LogP contribution >= 0.6 is 11.6 Å². The molecular formula is C12H15ClN2O3. The molecule has 1 aromatic carbocycles. The van der Waals surface area contributed by atoms with Gasteiger partial charge in [-0.25, -0.2) is 0 Å². The molecule has 0 saturated heterocycles. The summed E-state index contributed by atoms with van der Waals surface area (Å²) in [6.07, 6.45) is 0. The SMILES string of the molecule is Cc1ccc([N+](=O)[O-])cc1C(=O)N(C)C(C)CCl. The zero-order valence-corrected chi connectivity index (χ0v) is 11.3. The third kappa shape index (κ3) is 2.98. The number of nitrogens with zero attached hydrogens (tertiary/aromatic N) is 2. The zero-order valence-electron chi connectivity index (χ0n) is 10.5. The second-order valence-electron chi connectivity index (χ2n) is 4.18. The standard InChI is InChI=1S/C12H15ClN2O3/c1-8-4-5-10(15(17)18)6-11(8)12(16)14(3)9(2)7-13/h4-6,9H,7H2,1-3H3. The second-order valence-corrected chi connectivity index (χ2v) is 4.48. The monoisotopic (exact) mass is 270 g/mol. The fourth-order valence-electron chi connectivity index (χ4n) is 1.45. The maximum atomic E-state index is 12.2. The van der Waals surface area contributed by atoms with E-state index in [1.54, 1.807) is 20.0 Å². The summed E-state index contributed by atoms with van der Waals surface area (Å²) in [4.78, 5) is 23.9. The molecule has 1 rings (SSSR count). The molecule has 18 heavy (non-hydrogen) atoms. The minimum atomic E-state index is -0.513. The third-order valence-corrected chi connectivity index (χ3v) is 3.31. The van der Waals surface area contributed by atoms with Crippen molar-refractivity contribution in [3.63, 3.8) is 0 Å². The molecule has 0 radical (unpaired) electrons. The van der Waals surface area contributed by atoms with Gasteiger partial charge < -0.3 is 4.90 Å². The number of rotatable bonds is 4. The maximum Gasteiger partial charge on any atom is 0.270 e. The largest absolute Gasteiger partial charge is 0.338 e. The summed E-state index contributed by atoms with van der Waals surface area (Å²) in [7, 11) is 1.63. The molecule has 0 N–H and O–H groups in total. The average molecular weight is 271 g/mol. The Morgan fingerprint density at radius 3 is 2.67 bits per heavy atom. The van der Waals surface area contributed by atoms with E-state index < -0.39 is 4.92 Å². The number of aryl methyl sites for hydroxylation is 1. The number of halogens is 1. The van der Waals surface area contributed by atoms with Gasteiger partial charge in [0.05, 0.1) is 4.92 Å². The Bertz CT molecular complexity index is 476. The maximum absolute atomic E-state index is 12.2. The van der Waals surface area contributed by atoms with Crippen molar-refractivity contribution in [3.05, 3.63) is 39.4 Å². The molecule has 5 nitrogen and oxygen atoms in total. The number of nitro groups is 1. The van der Waals surface area contributed by atoms with E-state index in [0.29, 0.717) is 17.0 Å². The minimum Gasteiger partial charge on any atom is -0.338 e. The van der Waals surface area contributed by atoms with Crippen LogP contribution in [0.4, 0.5) is 5.69 Å². The summed E-state index contributed by atoms with van der Waals surface area (Å²) in [6, 6.07) is 4.13. The number of alkyl halides is 1. The lowest BCUT2D eigenvalue weighted by Gasteiger charge is -2.23. The van der Waals surface area contributed by atoms with Gasteiger partial charge in [-0.1, -0.05) is 6.07 Å². The molecule has 0 aliphatic carbocycles. The highest BCUT2D eigenvalue weighted by Crippen LogP contribution is 2.19. The molecule has 0 aliphatic heterocycles. The number of benzene rings is 1. The number of hydrogen-bond donors (Lipinski definition) is 0. The van der Waals surface area contributed by atoms with Crippen LogP contribution in [0.2, 0.25) is 0 Å². The van der Waals surface area contributed by atoms with Crippen LogP contribution in [0.1, 0.15) is 22.8 Å². The topological polar surface area (TPSA) is 63.5 Å². The first-order chi connectivity index (χ1) is 8.38. The number of non-ortho nitro benzene ring substituents is 1. The molecule has 1 atom stereocenters. The summed E-state index contributed by atoms with van der Waals surface area (Å²) in [5.74, 6) is 0.0558. The molecule has 0 spiro atoms. The first-order valence-corrected chi connectivity index (χ1v) is 6.00. The van der Waals surface area contributed by atoms with Crippen molar-refractivity contribution in [1.29, 1.82) is 0 Å². The Balaban J connectivity index is 3.12. The van der Waals surface area contributed by atoms with Gasteiger partial charge in [0.2, 0.25) is 0 Å². The second kappa shape index (κ2) is 5.82. The van der Waals surface area contributed by atoms with Crippen LogP contribution in [-0.4, -0.2) is 34.7 Å². The van der Waals surface area contributed by atoms with E-state index in [9.17, 15) is 14.9 Å². The molecule has 1 aromatic rings. The molecule has 0 saturated carbocycles. The first-order valence-electron chi connectivity index (χ1n) is 5.46. The number of amides is 1. The van der Waals surface area contributed by atoms with Crippen LogP contribution < -0.4 is 0 Å². The Hall–Kier alpha value is -1.62. The van der Waals surface area contributed by atoms with Crippen molar-refractivity contribution in [2.75, 3.05) is 12.9 Å². The van der Waals surface area contributed by atoms with Gasteiger partial charge in [0.15, 0.2) is 0 Å². The predicted octanol–water partition coefficient (Wildman–Crippen LogP) is 2.60. The van der Waals surface area contributed by atoms with E-state index in [-0.39, 0.29) is 17.6 Å². The highest BCUT2D eigenvalue weighted by Gasteiger charge is 2.20. The predicted molar refractivity (Wildman–Crippen MR) is 70.1 cm³/mol. The number of carbonyl (C=O) groups excluding carboxylic acids is 1. The zero-order chi connectivity index (χ0) is 13.9. The molecular weight excluding hydrogens is 256 g/mol. The number of nitro benzene ring substituents is 1. The quantitative estimate of drug-likeness (QED) is 0.480. The van der Waals surface area contributed by atoms with E-state index in [1.165, 1.54) is 17.0 Å². The van der Waals surface area contributed by atoms with E-state index in [0.717, 1.165) is 0 Å². The normalized spacial score (nSPS) is 12.0. The molecule has 0 bridgehead atoms. The summed E-state index contributed by atoms with van der Waals surface area (Å²) >= 11 is 5.70. The van der Waals surface area contributed by atoms with Crippen molar-refractivity contribution in [2.24, 2.45) is 0 Å². The van der Waals surface area contributed by atoms with E-state index >= 15 is 0 Å². The van der Waals surface area contributed by atoms with E-state index in [1.807, 2.05) is 6.92 Å². The van der Waals surface area contributed by atoms with Crippen molar-refractivity contribution in [1.82, 2.24) is 4.90 Å². The molecule has 6 heteroatoms. The van der Waals surface area contributed by atoms with E-state index in [2.05, 4.69) is 0 Å². The minimum absolute atomic E-state index is 0.0872. The number of carbonyl (C=O) groups is 1. The summed E-state index contributed by atoms with van der Waals surface area (Å²) in [5.41, 5.74) is 0.957. The lowest BCUT2D eigenvalue weighted by atomic mass is 10.1. The smallest absolute Gasteiger partial charge is 0.270 e. The van der Waals surface area contributed by atoms with Gasteiger partial charge in [0, 0.05) is 36.7 Å². The Labute approximate surface area is 110 Å². The van der Waals surface area contributed by atoms with Crippen LogP contribution in [0.5, 0.6) is 0 Å². The van der Waals surface area contributed by atoms with Gasteiger partial charge in [-0.3, -0.25) is 14.9 Å². The summed E-state index contributed by atoms with van der Waals surface area (Å²) in [5, 5.41) is 10.7. The van der Waals surface area contributed by atoms with Crippen LogP contribution in [-0.2, 0) is 0 Å². The molecule has 0 aliphatic rings. The van der Waals surface area contributed by atoms with Gasteiger partial charge in [-0.15, -0.1) is 11.6 Å². The molecule has 0 fully saturated rings. The van der Waals surface area contributed by atoms with Gasteiger partial charge in [0.1, 0.15) is 0 Å². The average Bonchev–Trinajstić information content (AvgIpc) is 2.36. The lowest BCUT2D eigenvalue weighted by Crippen LogP contribution is -2.36. The van der Waals surface area contributed by atoms with Crippen LogP contribution in [0.15, 0.2) is 18.2 Å². The van der Waals surface area contributed by atoms with Crippen molar-refractivity contribution in [3.8, 4) is 0 Å². The van der Waals surface area contributed by atoms with Crippen LogP contribution in [0.3, 0.4) is 0 Å². The van der Waals surface area contributed by atoms with Crippen LogP contribution in [0, 0.1) is 17.0 Å². The fourth-order valence-corrected chi connectivity index (χ4v) is 1.65. The summed E-state index contributed by atoms with van der Waals surface area (Å²) in [6.45, 7) is 3.56. The van der Waals surface area contributed by atoms with Gasteiger partial charge >= 0.3 is 0 Å². The highest BCUT2D eigenvalue weighted by atomic mass is 35.5. The van der Waals surface area contributed by atoms with Crippen molar-refractivity contribution < 1.29 is 9.72 Å². The Morgan fingerprint density at radius 1 is 1.56 bits per heavy atom. The third-order valence-electron chi connectivity index (χ3n) is 2.87. The van der Waals surface area contributed by atoms with Gasteiger partial charge in [-0.2, -0.15) is 0 Å². The summed E-state index contributed by atoms with van der Waals surface area (Å²) < 4.78 is 0. The molecule has 0 heterocycles. The molecule has 1 unspecified atom stereocenters. The molecule has 1 amide bonds. The van der Waals surface area contributed by atoms with Crippen LogP contribution in [0.25, 0.3) is 0 Å². The fraction of sp³-hybridized carbons (Fsp3) is 0.417. The first kappa shape index (κ1) is 14.4. The highest BCUT2D eigenvalue weighted by molar-refractivity contribution is 6.18. The Kier molecular flexibility index (Phi) is 4.67. The van der Waals surface area contributed by atoms with Gasteiger partial charge in [-0.05, 0) is 19.4 Å².